The number of para-hydroxylation sites is 1. The van der Waals surface area contributed by atoms with Crippen LogP contribution in [0.15, 0.2) is 42.7 Å². The molecule has 21 heavy (non-hydrogen) atoms. The number of hydrogen-bond donors (Lipinski definition) is 0. The van der Waals surface area contributed by atoms with Gasteiger partial charge in [0.1, 0.15) is 0 Å². The quantitative estimate of drug-likeness (QED) is 0.829. The minimum absolute atomic E-state index is 0.173. The Morgan fingerprint density at radius 2 is 1.71 bits per heavy atom. The SMILES string of the molecule is CCCC(=O)N(Cc1ccncc1)c1c(C)cccc1C. The average Bonchev–Trinajstić information content (AvgIpc) is 2.47. The first-order valence-corrected chi connectivity index (χ1v) is 7.39. The fraction of sp³-hybridized carbons (Fsp3) is 0.333. The third-order valence-electron chi connectivity index (χ3n) is 3.56. The van der Waals surface area contributed by atoms with Crippen molar-refractivity contribution in [3.05, 3.63) is 59.4 Å². The second-order valence-electron chi connectivity index (χ2n) is 5.33. The molecule has 3 nitrogen and oxygen atoms in total. The van der Waals surface area contributed by atoms with Crippen molar-refractivity contribution >= 4 is 11.6 Å². The van der Waals surface area contributed by atoms with Gasteiger partial charge in [0, 0.05) is 24.5 Å². The maximum Gasteiger partial charge on any atom is 0.227 e. The van der Waals surface area contributed by atoms with Crippen molar-refractivity contribution in [1.82, 2.24) is 4.98 Å². The molecule has 0 bridgehead atoms. The van der Waals surface area contributed by atoms with Crippen LogP contribution in [-0.2, 0) is 11.3 Å². The zero-order chi connectivity index (χ0) is 15.2. The Kier molecular flexibility index (Phi) is 5.09. The number of benzene rings is 1. The molecule has 0 aliphatic heterocycles. The maximum absolute atomic E-state index is 12.6. The zero-order valence-corrected chi connectivity index (χ0v) is 13.0. The number of aryl methyl sites for hydroxylation is 2. The van der Waals surface area contributed by atoms with Crippen molar-refractivity contribution in [2.45, 2.75) is 40.2 Å². The first-order valence-electron chi connectivity index (χ1n) is 7.39. The molecule has 2 aromatic rings. The minimum Gasteiger partial charge on any atom is -0.307 e. The normalized spacial score (nSPS) is 10.4. The van der Waals surface area contributed by atoms with E-state index in [1.165, 1.54) is 0 Å². The van der Waals surface area contributed by atoms with Gasteiger partial charge < -0.3 is 4.90 Å². The van der Waals surface area contributed by atoms with Crippen molar-refractivity contribution in [2.24, 2.45) is 0 Å². The van der Waals surface area contributed by atoms with Gasteiger partial charge in [-0.05, 0) is 49.1 Å². The molecule has 1 aromatic heterocycles. The van der Waals surface area contributed by atoms with E-state index in [9.17, 15) is 4.79 Å². The molecular weight excluding hydrogens is 260 g/mol. The van der Waals surface area contributed by atoms with Gasteiger partial charge in [0.2, 0.25) is 5.91 Å². The van der Waals surface area contributed by atoms with Crippen LogP contribution in [0.2, 0.25) is 0 Å². The summed E-state index contributed by atoms with van der Waals surface area (Å²) >= 11 is 0. The highest BCUT2D eigenvalue weighted by Crippen LogP contribution is 2.27. The van der Waals surface area contributed by atoms with E-state index in [1.54, 1.807) is 12.4 Å². The van der Waals surface area contributed by atoms with Gasteiger partial charge in [0.05, 0.1) is 6.54 Å². The first kappa shape index (κ1) is 15.2. The van der Waals surface area contributed by atoms with Gasteiger partial charge in [0.25, 0.3) is 0 Å². The highest BCUT2D eigenvalue weighted by molar-refractivity contribution is 5.94. The van der Waals surface area contributed by atoms with Crippen LogP contribution in [0.3, 0.4) is 0 Å². The number of rotatable bonds is 5. The van der Waals surface area contributed by atoms with Gasteiger partial charge >= 0.3 is 0 Å². The van der Waals surface area contributed by atoms with Gasteiger partial charge in [-0.15, -0.1) is 0 Å². The predicted octanol–water partition coefficient (Wildman–Crippen LogP) is 4.03. The standard InChI is InChI=1S/C18H22N2O/c1-4-6-17(21)20(13-16-9-11-19-12-10-16)18-14(2)7-5-8-15(18)3/h5,7-12H,4,6,13H2,1-3H3. The van der Waals surface area contributed by atoms with Crippen LogP contribution in [-0.4, -0.2) is 10.9 Å². The average molecular weight is 282 g/mol. The molecule has 0 radical (unpaired) electrons. The highest BCUT2D eigenvalue weighted by Gasteiger charge is 2.18. The molecule has 0 fully saturated rings. The van der Waals surface area contributed by atoms with E-state index in [0.29, 0.717) is 13.0 Å². The number of anilines is 1. The molecule has 1 heterocycles. The molecule has 0 aliphatic carbocycles. The smallest absolute Gasteiger partial charge is 0.227 e. The number of carbonyl (C=O) groups is 1. The van der Waals surface area contributed by atoms with E-state index >= 15 is 0 Å². The lowest BCUT2D eigenvalue weighted by Gasteiger charge is -2.26. The molecule has 2 rings (SSSR count). The number of hydrogen-bond acceptors (Lipinski definition) is 2. The summed E-state index contributed by atoms with van der Waals surface area (Å²) in [6, 6.07) is 10.1. The molecule has 0 spiro atoms. The molecular formula is C18H22N2O. The number of carbonyl (C=O) groups excluding carboxylic acids is 1. The Labute approximate surface area is 126 Å². The predicted molar refractivity (Wildman–Crippen MR) is 86.3 cm³/mol. The van der Waals surface area contributed by atoms with Crippen molar-refractivity contribution in [3.63, 3.8) is 0 Å². The summed E-state index contributed by atoms with van der Waals surface area (Å²) in [6.45, 7) is 6.74. The number of nitrogens with zero attached hydrogens (tertiary/aromatic N) is 2. The summed E-state index contributed by atoms with van der Waals surface area (Å²) in [5.74, 6) is 0.173. The van der Waals surface area contributed by atoms with E-state index in [4.69, 9.17) is 0 Å². The highest BCUT2D eigenvalue weighted by atomic mass is 16.2. The Balaban J connectivity index is 2.39. The molecule has 0 N–H and O–H groups in total. The third kappa shape index (κ3) is 3.69. The maximum atomic E-state index is 12.6. The third-order valence-corrected chi connectivity index (χ3v) is 3.56. The zero-order valence-electron chi connectivity index (χ0n) is 13.0. The Hall–Kier alpha value is -2.16. The van der Waals surface area contributed by atoms with Crippen molar-refractivity contribution < 1.29 is 4.79 Å². The summed E-state index contributed by atoms with van der Waals surface area (Å²) in [7, 11) is 0. The van der Waals surface area contributed by atoms with Crippen LogP contribution in [0.25, 0.3) is 0 Å². The Morgan fingerprint density at radius 3 is 2.29 bits per heavy atom. The summed E-state index contributed by atoms with van der Waals surface area (Å²) in [6.07, 6.45) is 4.96. The van der Waals surface area contributed by atoms with Crippen LogP contribution in [0.1, 0.15) is 36.5 Å². The Morgan fingerprint density at radius 1 is 1.10 bits per heavy atom. The van der Waals surface area contributed by atoms with E-state index in [2.05, 4.69) is 31.0 Å². The fourth-order valence-electron chi connectivity index (χ4n) is 2.54. The molecule has 0 unspecified atom stereocenters. The van der Waals surface area contributed by atoms with Crippen LogP contribution in [0.5, 0.6) is 0 Å². The second-order valence-corrected chi connectivity index (χ2v) is 5.33. The van der Waals surface area contributed by atoms with Crippen molar-refractivity contribution in [3.8, 4) is 0 Å². The summed E-state index contributed by atoms with van der Waals surface area (Å²) in [4.78, 5) is 18.5. The largest absolute Gasteiger partial charge is 0.307 e. The summed E-state index contributed by atoms with van der Waals surface area (Å²) in [5.41, 5.74) is 4.40. The fourth-order valence-corrected chi connectivity index (χ4v) is 2.54. The molecule has 0 aliphatic rings. The summed E-state index contributed by atoms with van der Waals surface area (Å²) < 4.78 is 0. The number of amides is 1. The van der Waals surface area contributed by atoms with Gasteiger partial charge in [-0.2, -0.15) is 0 Å². The second kappa shape index (κ2) is 7.02. The van der Waals surface area contributed by atoms with Crippen LogP contribution in [0, 0.1) is 13.8 Å². The molecule has 1 amide bonds. The lowest BCUT2D eigenvalue weighted by molar-refractivity contribution is -0.118. The van der Waals surface area contributed by atoms with E-state index in [-0.39, 0.29) is 5.91 Å². The van der Waals surface area contributed by atoms with E-state index in [0.717, 1.165) is 28.8 Å². The molecule has 0 atom stereocenters. The van der Waals surface area contributed by atoms with Gasteiger partial charge in [-0.3, -0.25) is 9.78 Å². The minimum atomic E-state index is 0.173. The van der Waals surface area contributed by atoms with E-state index in [1.807, 2.05) is 30.0 Å². The Bertz CT molecular complexity index is 588. The van der Waals surface area contributed by atoms with Gasteiger partial charge in [-0.1, -0.05) is 25.1 Å². The molecule has 3 heteroatoms. The van der Waals surface area contributed by atoms with Crippen LogP contribution < -0.4 is 4.90 Å². The van der Waals surface area contributed by atoms with E-state index < -0.39 is 0 Å². The van der Waals surface area contributed by atoms with Gasteiger partial charge in [0.15, 0.2) is 0 Å². The number of aromatic nitrogens is 1. The van der Waals surface area contributed by atoms with Crippen LogP contribution in [0.4, 0.5) is 5.69 Å². The molecule has 110 valence electrons. The monoisotopic (exact) mass is 282 g/mol. The van der Waals surface area contributed by atoms with Gasteiger partial charge in [-0.25, -0.2) is 0 Å². The lowest BCUT2D eigenvalue weighted by Crippen LogP contribution is -2.31. The topological polar surface area (TPSA) is 33.2 Å². The lowest BCUT2D eigenvalue weighted by atomic mass is 10.1. The van der Waals surface area contributed by atoms with Crippen molar-refractivity contribution in [2.75, 3.05) is 4.90 Å². The number of pyridine rings is 1. The summed E-state index contributed by atoms with van der Waals surface area (Å²) in [5, 5.41) is 0. The first-order chi connectivity index (χ1) is 10.1. The van der Waals surface area contributed by atoms with Crippen molar-refractivity contribution in [1.29, 1.82) is 0 Å². The molecule has 0 saturated carbocycles. The molecule has 1 aromatic carbocycles. The molecule has 0 saturated heterocycles. The van der Waals surface area contributed by atoms with Crippen LogP contribution >= 0.6 is 0 Å².